The van der Waals surface area contributed by atoms with Crippen molar-refractivity contribution in [1.82, 2.24) is 15.0 Å². The molecule has 59 heavy (non-hydrogen) atoms. The highest BCUT2D eigenvalue weighted by Crippen LogP contribution is 2.41. The average molecular weight is 754 g/mol. The van der Waals surface area contributed by atoms with Crippen molar-refractivity contribution in [3.05, 3.63) is 212 Å². The third-order valence-corrected chi connectivity index (χ3v) is 11.1. The molecule has 9 aromatic carbocycles. The van der Waals surface area contributed by atoms with E-state index in [9.17, 15) is 0 Å². The summed E-state index contributed by atoms with van der Waals surface area (Å²) in [7, 11) is 0. The van der Waals surface area contributed by atoms with E-state index < -0.39 is 0 Å². The second-order valence-corrected chi connectivity index (χ2v) is 14.8. The Hall–Kier alpha value is -7.95. The van der Waals surface area contributed by atoms with Crippen molar-refractivity contribution in [3.63, 3.8) is 0 Å². The molecule has 0 bridgehead atoms. The molecule has 0 unspecified atom stereocenters. The maximum atomic E-state index is 6.68. The van der Waals surface area contributed by atoms with Gasteiger partial charge in [-0.25, -0.2) is 15.0 Å². The van der Waals surface area contributed by atoms with Crippen LogP contribution in [0.1, 0.15) is 0 Å². The quantitative estimate of drug-likeness (QED) is 0.163. The zero-order valence-electron chi connectivity index (χ0n) is 32.0. The summed E-state index contributed by atoms with van der Waals surface area (Å²) < 4.78 is 6.68. The van der Waals surface area contributed by atoms with Gasteiger partial charge in [-0.2, -0.15) is 0 Å². The predicted octanol–water partition coefficient (Wildman–Crippen LogP) is 14.6. The van der Waals surface area contributed by atoms with E-state index in [1.54, 1.807) is 0 Å². The fraction of sp³-hybridized carbons (Fsp3) is 0. The number of aromatic nitrogens is 3. The van der Waals surface area contributed by atoms with Gasteiger partial charge in [0.1, 0.15) is 11.2 Å². The summed E-state index contributed by atoms with van der Waals surface area (Å²) in [4.78, 5) is 15.4. The van der Waals surface area contributed by atoms with Crippen LogP contribution in [0.2, 0.25) is 0 Å². The molecule has 0 amide bonds. The van der Waals surface area contributed by atoms with Gasteiger partial charge in [0.2, 0.25) is 0 Å². The zero-order chi connectivity index (χ0) is 39.1. The van der Waals surface area contributed by atoms with E-state index >= 15 is 0 Å². The first-order valence-corrected chi connectivity index (χ1v) is 19.8. The van der Waals surface area contributed by atoms with E-state index in [4.69, 9.17) is 19.4 Å². The molecule has 0 fully saturated rings. The number of fused-ring (bicyclic) bond motifs is 4. The Balaban J connectivity index is 1.07. The van der Waals surface area contributed by atoms with Gasteiger partial charge in [0.25, 0.3) is 0 Å². The van der Waals surface area contributed by atoms with Crippen LogP contribution in [0.5, 0.6) is 0 Å². The van der Waals surface area contributed by atoms with Crippen LogP contribution < -0.4 is 0 Å². The molecular formula is C55H35N3O. The van der Waals surface area contributed by atoms with Gasteiger partial charge in [-0.15, -0.1) is 0 Å². The van der Waals surface area contributed by atoms with Crippen molar-refractivity contribution >= 4 is 32.7 Å². The van der Waals surface area contributed by atoms with Crippen molar-refractivity contribution in [3.8, 4) is 78.7 Å². The first-order valence-electron chi connectivity index (χ1n) is 19.8. The minimum atomic E-state index is 0.579. The molecule has 4 heteroatoms. The summed E-state index contributed by atoms with van der Waals surface area (Å²) in [6.45, 7) is 0. The Morgan fingerprint density at radius 3 is 1.46 bits per heavy atom. The van der Waals surface area contributed by atoms with Gasteiger partial charge in [-0.1, -0.05) is 170 Å². The number of nitrogens with zero attached hydrogens (tertiary/aromatic N) is 3. The number of hydrogen-bond donors (Lipinski definition) is 0. The van der Waals surface area contributed by atoms with Crippen molar-refractivity contribution in [1.29, 1.82) is 0 Å². The van der Waals surface area contributed by atoms with E-state index in [0.29, 0.717) is 17.5 Å². The molecule has 0 atom stereocenters. The summed E-state index contributed by atoms with van der Waals surface area (Å²) in [6.07, 6.45) is 0. The van der Waals surface area contributed by atoms with Crippen LogP contribution in [0.25, 0.3) is 111 Å². The van der Waals surface area contributed by atoms with E-state index in [0.717, 1.165) is 82.8 Å². The highest BCUT2D eigenvalue weighted by atomic mass is 16.3. The molecule has 0 N–H and O–H groups in total. The van der Waals surface area contributed by atoms with Crippen molar-refractivity contribution in [2.75, 3.05) is 0 Å². The lowest BCUT2D eigenvalue weighted by Gasteiger charge is -2.12. The third-order valence-electron chi connectivity index (χ3n) is 11.1. The smallest absolute Gasteiger partial charge is 0.164 e. The summed E-state index contributed by atoms with van der Waals surface area (Å²) in [5.41, 5.74) is 13.5. The number of rotatable bonds is 7. The molecule has 11 aromatic rings. The van der Waals surface area contributed by atoms with Crippen LogP contribution >= 0.6 is 0 Å². The molecule has 0 aliphatic heterocycles. The van der Waals surface area contributed by atoms with Crippen molar-refractivity contribution in [2.24, 2.45) is 0 Å². The van der Waals surface area contributed by atoms with Gasteiger partial charge in [-0.3, -0.25) is 0 Å². The van der Waals surface area contributed by atoms with Crippen molar-refractivity contribution in [2.45, 2.75) is 0 Å². The lowest BCUT2D eigenvalue weighted by molar-refractivity contribution is 0.669. The molecule has 2 heterocycles. The second kappa shape index (κ2) is 14.5. The van der Waals surface area contributed by atoms with Gasteiger partial charge in [0, 0.05) is 27.5 Å². The molecule has 0 saturated heterocycles. The highest BCUT2D eigenvalue weighted by Gasteiger charge is 2.19. The largest absolute Gasteiger partial charge is 0.456 e. The van der Waals surface area contributed by atoms with Crippen LogP contribution in [0.15, 0.2) is 217 Å². The zero-order valence-corrected chi connectivity index (χ0v) is 32.0. The van der Waals surface area contributed by atoms with E-state index in [1.165, 1.54) is 11.1 Å². The monoisotopic (exact) mass is 753 g/mol. The van der Waals surface area contributed by atoms with E-state index in [2.05, 4.69) is 176 Å². The number of benzene rings is 9. The Morgan fingerprint density at radius 2 is 0.797 bits per heavy atom. The standard InChI is InChI=1S/C55H35N3O/c1-5-15-36(16-6-1)41-28-27-39-23-13-25-47(49(39)34-41)55-57-53(40-21-11-4-12-22-40)56-54(58-55)42-29-30-48-51(35-42)59-50-26-14-24-46(52(48)50)45-32-43(37-17-7-2-8-18-37)31-44(33-45)38-19-9-3-10-20-38/h1-35H. The lowest BCUT2D eigenvalue weighted by atomic mass is 9.91. The van der Waals surface area contributed by atoms with Gasteiger partial charge < -0.3 is 4.42 Å². The van der Waals surface area contributed by atoms with Crippen LogP contribution in [0, 0.1) is 0 Å². The fourth-order valence-corrected chi connectivity index (χ4v) is 8.20. The van der Waals surface area contributed by atoms with Gasteiger partial charge in [0.15, 0.2) is 17.5 Å². The van der Waals surface area contributed by atoms with Gasteiger partial charge in [0.05, 0.1) is 0 Å². The SMILES string of the molecule is c1ccc(-c2cc(-c3ccccc3)cc(-c3cccc4oc5cc(-c6nc(-c7ccccc7)nc(-c7cccc8ccc(-c9ccccc9)cc78)n6)ccc5c34)c2)cc1. The van der Waals surface area contributed by atoms with Gasteiger partial charge >= 0.3 is 0 Å². The Kier molecular flexibility index (Phi) is 8.45. The second-order valence-electron chi connectivity index (χ2n) is 14.8. The molecule has 4 nitrogen and oxygen atoms in total. The van der Waals surface area contributed by atoms with Crippen LogP contribution in [-0.2, 0) is 0 Å². The molecule has 11 rings (SSSR count). The molecule has 0 radical (unpaired) electrons. The Labute approximate surface area is 341 Å². The molecule has 0 aliphatic carbocycles. The van der Waals surface area contributed by atoms with Crippen molar-refractivity contribution < 1.29 is 4.42 Å². The third kappa shape index (κ3) is 6.43. The molecular weight excluding hydrogens is 719 g/mol. The molecule has 276 valence electrons. The maximum absolute atomic E-state index is 6.68. The number of hydrogen-bond acceptors (Lipinski definition) is 4. The number of furan rings is 1. The Bertz CT molecular complexity index is 3250. The van der Waals surface area contributed by atoms with E-state index in [-0.39, 0.29) is 0 Å². The summed E-state index contributed by atoms with van der Waals surface area (Å²) in [5.74, 6) is 1.81. The molecule has 2 aromatic heterocycles. The van der Waals surface area contributed by atoms with E-state index in [1.807, 2.05) is 36.4 Å². The van der Waals surface area contributed by atoms with Crippen LogP contribution in [-0.4, -0.2) is 15.0 Å². The summed E-state index contributed by atoms with van der Waals surface area (Å²) >= 11 is 0. The normalized spacial score (nSPS) is 11.4. The maximum Gasteiger partial charge on any atom is 0.164 e. The topological polar surface area (TPSA) is 51.8 Å². The minimum Gasteiger partial charge on any atom is -0.456 e. The van der Waals surface area contributed by atoms with Crippen LogP contribution in [0.3, 0.4) is 0 Å². The first-order chi connectivity index (χ1) is 29.2. The fourth-order valence-electron chi connectivity index (χ4n) is 8.20. The van der Waals surface area contributed by atoms with Gasteiger partial charge in [-0.05, 0) is 97.7 Å². The first kappa shape index (κ1) is 34.3. The molecule has 0 aliphatic rings. The highest BCUT2D eigenvalue weighted by molar-refractivity contribution is 6.13. The molecule has 0 saturated carbocycles. The predicted molar refractivity (Wildman–Crippen MR) is 243 cm³/mol. The Morgan fingerprint density at radius 1 is 0.271 bits per heavy atom. The lowest BCUT2D eigenvalue weighted by Crippen LogP contribution is -2.00. The average Bonchev–Trinajstić information content (AvgIpc) is 3.70. The summed E-state index contributed by atoms with van der Waals surface area (Å²) in [6, 6.07) is 74.1. The minimum absolute atomic E-state index is 0.579. The molecule has 0 spiro atoms. The van der Waals surface area contributed by atoms with Crippen LogP contribution in [0.4, 0.5) is 0 Å². The summed E-state index contributed by atoms with van der Waals surface area (Å²) in [5, 5.41) is 4.31.